The molecule has 3 rings (SSSR count). The number of hydrogen-bond acceptors (Lipinski definition) is 5. The van der Waals surface area contributed by atoms with Crippen molar-refractivity contribution in [2.45, 2.75) is 117 Å². The second-order valence-corrected chi connectivity index (χ2v) is 11.7. The summed E-state index contributed by atoms with van der Waals surface area (Å²) in [4.78, 5) is 25.4. The minimum absolute atomic E-state index is 0.192. The third kappa shape index (κ3) is 12.4. The molecule has 43 heavy (non-hydrogen) atoms. The number of ether oxygens (including phenoxy) is 3. The highest BCUT2D eigenvalue weighted by Gasteiger charge is 2.17. The fourth-order valence-corrected chi connectivity index (χ4v) is 5.17. The molecule has 0 radical (unpaired) electrons. The maximum Gasteiger partial charge on any atom is 0.343 e. The van der Waals surface area contributed by atoms with E-state index in [9.17, 15) is 9.59 Å². The number of unbranched alkanes of at least 4 members (excludes halogenated alkanes) is 12. The van der Waals surface area contributed by atoms with Crippen LogP contribution in [0.1, 0.15) is 133 Å². The molecule has 0 aromatic heterocycles. The zero-order valence-corrected chi connectivity index (χ0v) is 26.7. The van der Waals surface area contributed by atoms with Crippen LogP contribution in [-0.2, 0) is 9.53 Å². The molecule has 5 nitrogen and oxygen atoms in total. The highest BCUT2D eigenvalue weighted by atomic mass is 16.5. The van der Waals surface area contributed by atoms with Gasteiger partial charge in [0.2, 0.25) is 0 Å². The summed E-state index contributed by atoms with van der Waals surface area (Å²) in [5, 5.41) is 1.91. The smallest absolute Gasteiger partial charge is 0.343 e. The van der Waals surface area contributed by atoms with Gasteiger partial charge in [0.15, 0.2) is 0 Å². The van der Waals surface area contributed by atoms with Crippen molar-refractivity contribution in [3.8, 4) is 11.5 Å². The summed E-state index contributed by atoms with van der Waals surface area (Å²) >= 11 is 0. The van der Waals surface area contributed by atoms with Gasteiger partial charge in [-0.15, -0.1) is 0 Å². The third-order valence-electron chi connectivity index (χ3n) is 8.00. The molecule has 3 aromatic carbocycles. The van der Waals surface area contributed by atoms with Crippen LogP contribution in [0.15, 0.2) is 60.7 Å². The molecule has 0 N–H and O–H groups in total. The normalized spacial score (nSPS) is 11.8. The summed E-state index contributed by atoms with van der Waals surface area (Å²) in [5.41, 5.74) is 1.39. The number of benzene rings is 3. The van der Waals surface area contributed by atoms with E-state index in [2.05, 4.69) is 13.8 Å². The van der Waals surface area contributed by atoms with Crippen molar-refractivity contribution >= 4 is 22.7 Å². The largest absolute Gasteiger partial charge is 0.494 e. The van der Waals surface area contributed by atoms with E-state index in [1.165, 1.54) is 70.6 Å². The predicted molar refractivity (Wildman–Crippen MR) is 176 cm³/mol. The molecule has 5 heteroatoms. The monoisotopic (exact) mass is 588 g/mol. The molecule has 0 bridgehead atoms. The highest BCUT2D eigenvalue weighted by molar-refractivity contribution is 5.92. The van der Waals surface area contributed by atoms with Gasteiger partial charge < -0.3 is 14.2 Å². The topological polar surface area (TPSA) is 61.8 Å². The minimum Gasteiger partial charge on any atom is -0.494 e. The zero-order chi connectivity index (χ0) is 30.7. The molecular formula is C38H52O5. The van der Waals surface area contributed by atoms with Crippen LogP contribution in [0.4, 0.5) is 0 Å². The molecule has 0 spiro atoms. The van der Waals surface area contributed by atoms with Crippen LogP contribution in [0.5, 0.6) is 11.5 Å². The Labute approximate surface area is 259 Å². The summed E-state index contributed by atoms with van der Waals surface area (Å²) < 4.78 is 17.0. The molecule has 0 heterocycles. The number of carbonyl (C=O) groups is 2. The SMILES string of the molecule is CCCCCCCCCCOc1ccc(C(=O)Oc2ccc3cc([C@H](C)C(=O)OCCCCCCCC)ccc3c2)cc1. The molecular weight excluding hydrogens is 536 g/mol. The number of fused-ring (bicyclic) bond motifs is 1. The summed E-state index contributed by atoms with van der Waals surface area (Å²) in [5.74, 6) is 0.304. The van der Waals surface area contributed by atoms with Crippen molar-refractivity contribution in [3.63, 3.8) is 0 Å². The Morgan fingerprint density at radius 1 is 0.605 bits per heavy atom. The van der Waals surface area contributed by atoms with Crippen molar-refractivity contribution in [1.29, 1.82) is 0 Å². The molecule has 0 saturated carbocycles. The maximum absolute atomic E-state index is 12.8. The molecule has 0 fully saturated rings. The van der Waals surface area contributed by atoms with Crippen LogP contribution in [0.25, 0.3) is 10.8 Å². The first-order valence-electron chi connectivity index (χ1n) is 16.7. The number of hydrogen-bond donors (Lipinski definition) is 0. The standard InChI is InChI=1S/C38H52O5/c1-4-6-8-10-12-13-15-16-26-41-35-23-20-31(21-24-35)38(40)43-36-25-22-33-28-32(18-19-34(33)29-36)30(3)37(39)42-27-17-14-11-9-7-5-2/h18-25,28-30H,4-17,26-27H2,1-3H3/t30-/m0/s1. The Bertz CT molecular complexity index is 1230. The van der Waals surface area contributed by atoms with E-state index in [0.29, 0.717) is 24.5 Å². The second-order valence-electron chi connectivity index (χ2n) is 11.7. The third-order valence-corrected chi connectivity index (χ3v) is 8.00. The number of rotatable bonds is 21. The molecule has 1 atom stereocenters. The summed E-state index contributed by atoms with van der Waals surface area (Å²) in [6.45, 7) is 7.50. The van der Waals surface area contributed by atoms with Gasteiger partial charge in [-0.2, -0.15) is 0 Å². The van der Waals surface area contributed by atoms with Gasteiger partial charge in [0.25, 0.3) is 0 Å². The van der Waals surface area contributed by atoms with Gasteiger partial charge in [-0.05, 0) is 72.5 Å². The fraction of sp³-hybridized carbons (Fsp3) is 0.526. The van der Waals surface area contributed by atoms with E-state index in [0.717, 1.165) is 41.3 Å². The zero-order valence-electron chi connectivity index (χ0n) is 26.7. The van der Waals surface area contributed by atoms with Crippen LogP contribution < -0.4 is 9.47 Å². The van der Waals surface area contributed by atoms with Gasteiger partial charge in [-0.25, -0.2) is 4.79 Å². The number of esters is 2. The first kappa shape index (κ1) is 34.2. The lowest BCUT2D eigenvalue weighted by atomic mass is 9.98. The van der Waals surface area contributed by atoms with Crippen LogP contribution in [0.2, 0.25) is 0 Å². The van der Waals surface area contributed by atoms with Crippen molar-refractivity contribution in [2.75, 3.05) is 13.2 Å². The van der Waals surface area contributed by atoms with Gasteiger partial charge in [-0.1, -0.05) is 115 Å². The Morgan fingerprint density at radius 2 is 1.14 bits per heavy atom. The quantitative estimate of drug-likeness (QED) is 0.0704. The minimum atomic E-state index is -0.410. The van der Waals surface area contributed by atoms with Crippen LogP contribution in [0, 0.1) is 0 Å². The fourth-order valence-electron chi connectivity index (χ4n) is 5.17. The van der Waals surface area contributed by atoms with Crippen molar-refractivity contribution in [3.05, 3.63) is 71.8 Å². The van der Waals surface area contributed by atoms with Gasteiger partial charge in [0.05, 0.1) is 24.7 Å². The molecule has 0 unspecified atom stereocenters. The lowest BCUT2D eigenvalue weighted by molar-refractivity contribution is -0.145. The Hall–Kier alpha value is -3.34. The summed E-state index contributed by atoms with van der Waals surface area (Å²) in [7, 11) is 0. The Balaban J connectivity index is 1.42. The average Bonchev–Trinajstić information content (AvgIpc) is 3.03. The van der Waals surface area contributed by atoms with Crippen LogP contribution >= 0.6 is 0 Å². The van der Waals surface area contributed by atoms with E-state index in [1.807, 2.05) is 49.4 Å². The highest BCUT2D eigenvalue weighted by Crippen LogP contribution is 2.27. The second kappa shape index (κ2) is 19.8. The Kier molecular flexibility index (Phi) is 15.7. The van der Waals surface area contributed by atoms with Crippen LogP contribution in [0.3, 0.4) is 0 Å². The molecule has 0 aliphatic carbocycles. The molecule has 0 aliphatic heterocycles. The molecule has 234 valence electrons. The van der Waals surface area contributed by atoms with E-state index >= 15 is 0 Å². The van der Waals surface area contributed by atoms with Crippen molar-refractivity contribution in [2.24, 2.45) is 0 Å². The van der Waals surface area contributed by atoms with E-state index in [-0.39, 0.29) is 11.9 Å². The summed E-state index contributed by atoms with van der Waals surface area (Å²) in [6.07, 6.45) is 17.1. The van der Waals surface area contributed by atoms with E-state index in [4.69, 9.17) is 14.2 Å². The van der Waals surface area contributed by atoms with Crippen molar-refractivity contribution in [1.82, 2.24) is 0 Å². The molecule has 0 amide bonds. The number of carbonyl (C=O) groups excluding carboxylic acids is 2. The maximum atomic E-state index is 12.8. The van der Waals surface area contributed by atoms with Crippen molar-refractivity contribution < 1.29 is 23.8 Å². The van der Waals surface area contributed by atoms with Crippen LogP contribution in [-0.4, -0.2) is 25.2 Å². The first-order valence-corrected chi connectivity index (χ1v) is 16.7. The van der Waals surface area contributed by atoms with E-state index < -0.39 is 5.97 Å². The Morgan fingerprint density at radius 3 is 1.79 bits per heavy atom. The van der Waals surface area contributed by atoms with Gasteiger partial charge in [0, 0.05) is 0 Å². The van der Waals surface area contributed by atoms with Gasteiger partial charge in [0.1, 0.15) is 11.5 Å². The molecule has 0 aliphatic rings. The molecule has 0 saturated heterocycles. The van der Waals surface area contributed by atoms with Gasteiger partial charge in [-0.3, -0.25) is 4.79 Å². The average molecular weight is 589 g/mol. The lowest BCUT2D eigenvalue weighted by Crippen LogP contribution is -2.14. The first-order chi connectivity index (χ1) is 21.0. The lowest BCUT2D eigenvalue weighted by Gasteiger charge is -2.13. The van der Waals surface area contributed by atoms with E-state index in [1.54, 1.807) is 18.2 Å². The predicted octanol–water partition coefficient (Wildman–Crippen LogP) is 10.6. The molecule has 3 aromatic rings. The summed E-state index contributed by atoms with van der Waals surface area (Å²) in [6, 6.07) is 18.6. The van der Waals surface area contributed by atoms with Gasteiger partial charge >= 0.3 is 11.9 Å².